The Morgan fingerprint density at radius 2 is 1.76 bits per heavy atom. The molecular weight excluding hydrogens is 314 g/mol. The van der Waals surface area contributed by atoms with E-state index in [1.54, 1.807) is 21.3 Å². The Morgan fingerprint density at radius 1 is 0.960 bits per heavy atom. The molecule has 0 amide bonds. The molecule has 4 heteroatoms. The fourth-order valence-electron chi connectivity index (χ4n) is 3.71. The fourth-order valence-corrected chi connectivity index (χ4v) is 3.71. The summed E-state index contributed by atoms with van der Waals surface area (Å²) in [6.07, 6.45) is 2.32. The van der Waals surface area contributed by atoms with E-state index in [4.69, 9.17) is 14.2 Å². The van der Waals surface area contributed by atoms with Crippen molar-refractivity contribution in [3.63, 3.8) is 0 Å². The van der Waals surface area contributed by atoms with Gasteiger partial charge in [-0.3, -0.25) is 4.90 Å². The molecule has 4 nitrogen and oxygen atoms in total. The van der Waals surface area contributed by atoms with Gasteiger partial charge in [0.15, 0.2) is 0 Å². The van der Waals surface area contributed by atoms with E-state index in [2.05, 4.69) is 36.1 Å². The number of hydrogen-bond acceptors (Lipinski definition) is 4. The molecule has 3 rings (SSSR count). The molecule has 0 aliphatic carbocycles. The van der Waals surface area contributed by atoms with Gasteiger partial charge in [0.05, 0.1) is 21.3 Å². The largest absolute Gasteiger partial charge is 0.497 e. The maximum Gasteiger partial charge on any atom is 0.127 e. The van der Waals surface area contributed by atoms with Gasteiger partial charge in [-0.1, -0.05) is 23.8 Å². The molecule has 0 bridgehead atoms. The van der Waals surface area contributed by atoms with E-state index in [9.17, 15) is 0 Å². The molecule has 1 unspecified atom stereocenters. The molecule has 25 heavy (non-hydrogen) atoms. The van der Waals surface area contributed by atoms with E-state index < -0.39 is 0 Å². The molecule has 1 fully saturated rings. The molecule has 0 aromatic heterocycles. The Labute approximate surface area is 150 Å². The monoisotopic (exact) mass is 341 g/mol. The molecule has 0 radical (unpaired) electrons. The molecule has 1 aliphatic rings. The minimum Gasteiger partial charge on any atom is -0.497 e. The molecule has 1 atom stereocenters. The Balaban J connectivity index is 1.87. The lowest BCUT2D eigenvalue weighted by atomic mass is 10.0. The molecule has 1 saturated heterocycles. The summed E-state index contributed by atoms with van der Waals surface area (Å²) in [5.41, 5.74) is 3.72. The van der Waals surface area contributed by atoms with E-state index in [0.717, 1.165) is 36.8 Å². The van der Waals surface area contributed by atoms with Crippen LogP contribution in [0.5, 0.6) is 17.2 Å². The standard InChI is InChI=1S/C21H27NO3/c1-15-7-10-20(24-3)16(12-15)14-22-11-5-6-19(22)18-9-8-17(23-2)13-21(18)25-4/h7-10,12-13,19H,5-6,11,14H2,1-4H3. The van der Waals surface area contributed by atoms with Crippen molar-refractivity contribution in [1.82, 2.24) is 4.90 Å². The van der Waals surface area contributed by atoms with Gasteiger partial charge >= 0.3 is 0 Å². The van der Waals surface area contributed by atoms with Crippen LogP contribution in [0.2, 0.25) is 0 Å². The van der Waals surface area contributed by atoms with Gasteiger partial charge in [-0.25, -0.2) is 0 Å². The Bertz CT molecular complexity index is 729. The zero-order valence-electron chi connectivity index (χ0n) is 15.5. The van der Waals surface area contributed by atoms with Gasteiger partial charge < -0.3 is 14.2 Å². The van der Waals surface area contributed by atoms with E-state index >= 15 is 0 Å². The van der Waals surface area contributed by atoms with Crippen molar-refractivity contribution in [2.24, 2.45) is 0 Å². The van der Waals surface area contributed by atoms with Gasteiger partial charge in [0.2, 0.25) is 0 Å². The van der Waals surface area contributed by atoms with Crippen LogP contribution in [0.1, 0.15) is 35.6 Å². The van der Waals surface area contributed by atoms with Crippen molar-refractivity contribution in [3.05, 3.63) is 53.1 Å². The molecular formula is C21H27NO3. The highest BCUT2D eigenvalue weighted by Crippen LogP contribution is 2.40. The van der Waals surface area contributed by atoms with Gasteiger partial charge in [0, 0.05) is 29.8 Å². The van der Waals surface area contributed by atoms with Gasteiger partial charge in [0.25, 0.3) is 0 Å². The maximum atomic E-state index is 5.63. The summed E-state index contributed by atoms with van der Waals surface area (Å²) in [4.78, 5) is 2.52. The number of methoxy groups -OCH3 is 3. The molecule has 0 N–H and O–H groups in total. The van der Waals surface area contributed by atoms with Crippen LogP contribution < -0.4 is 14.2 Å². The number of rotatable bonds is 6. The summed E-state index contributed by atoms with van der Waals surface area (Å²) in [7, 11) is 5.14. The molecule has 0 saturated carbocycles. The third-order valence-corrected chi connectivity index (χ3v) is 4.97. The summed E-state index contributed by atoms with van der Waals surface area (Å²) in [6, 6.07) is 12.8. The summed E-state index contributed by atoms with van der Waals surface area (Å²) >= 11 is 0. The Hall–Kier alpha value is -2.20. The van der Waals surface area contributed by atoms with Crippen LogP contribution in [-0.4, -0.2) is 32.8 Å². The van der Waals surface area contributed by atoms with Crippen LogP contribution in [0.3, 0.4) is 0 Å². The van der Waals surface area contributed by atoms with Gasteiger partial charge in [-0.15, -0.1) is 0 Å². The lowest BCUT2D eigenvalue weighted by molar-refractivity contribution is 0.239. The smallest absolute Gasteiger partial charge is 0.127 e. The SMILES string of the molecule is COc1ccc(C2CCCN2Cc2cc(C)ccc2OC)c(OC)c1. The lowest BCUT2D eigenvalue weighted by Crippen LogP contribution is -2.23. The van der Waals surface area contributed by atoms with E-state index in [1.807, 2.05) is 12.1 Å². The second kappa shape index (κ2) is 7.79. The highest BCUT2D eigenvalue weighted by atomic mass is 16.5. The van der Waals surface area contributed by atoms with Crippen molar-refractivity contribution in [2.45, 2.75) is 32.4 Å². The third-order valence-electron chi connectivity index (χ3n) is 4.97. The van der Waals surface area contributed by atoms with Crippen LogP contribution in [-0.2, 0) is 6.54 Å². The first-order chi connectivity index (χ1) is 12.2. The van der Waals surface area contributed by atoms with Gasteiger partial charge in [0.1, 0.15) is 17.2 Å². The summed E-state index contributed by atoms with van der Waals surface area (Å²) in [6.45, 7) is 4.08. The average molecular weight is 341 g/mol. The van der Waals surface area contributed by atoms with Crippen molar-refractivity contribution >= 4 is 0 Å². The van der Waals surface area contributed by atoms with E-state index in [-0.39, 0.29) is 0 Å². The number of likely N-dealkylation sites (tertiary alicyclic amines) is 1. The zero-order chi connectivity index (χ0) is 17.8. The highest BCUT2D eigenvalue weighted by molar-refractivity contribution is 5.43. The molecule has 0 spiro atoms. The first kappa shape index (κ1) is 17.6. The third kappa shape index (κ3) is 3.74. The normalized spacial score (nSPS) is 17.5. The zero-order valence-corrected chi connectivity index (χ0v) is 15.5. The summed E-state index contributed by atoms with van der Waals surface area (Å²) in [5.74, 6) is 2.68. The highest BCUT2D eigenvalue weighted by Gasteiger charge is 2.29. The predicted octanol–water partition coefficient (Wildman–Crippen LogP) is 4.36. The second-order valence-electron chi connectivity index (χ2n) is 6.55. The fraction of sp³-hybridized carbons (Fsp3) is 0.429. The Morgan fingerprint density at radius 3 is 2.48 bits per heavy atom. The Kier molecular flexibility index (Phi) is 5.49. The van der Waals surface area contributed by atoms with E-state index in [1.165, 1.54) is 23.1 Å². The van der Waals surface area contributed by atoms with E-state index in [0.29, 0.717) is 6.04 Å². The first-order valence-electron chi connectivity index (χ1n) is 8.75. The van der Waals surface area contributed by atoms with Crippen molar-refractivity contribution < 1.29 is 14.2 Å². The minimum absolute atomic E-state index is 0.353. The second-order valence-corrected chi connectivity index (χ2v) is 6.55. The molecule has 134 valence electrons. The predicted molar refractivity (Wildman–Crippen MR) is 99.7 cm³/mol. The molecule has 1 aliphatic heterocycles. The number of hydrogen-bond donors (Lipinski definition) is 0. The van der Waals surface area contributed by atoms with Crippen LogP contribution in [0.25, 0.3) is 0 Å². The van der Waals surface area contributed by atoms with Crippen molar-refractivity contribution in [1.29, 1.82) is 0 Å². The summed E-state index contributed by atoms with van der Waals surface area (Å²) < 4.78 is 16.5. The quantitative estimate of drug-likeness (QED) is 0.781. The van der Waals surface area contributed by atoms with Crippen molar-refractivity contribution in [3.8, 4) is 17.2 Å². The topological polar surface area (TPSA) is 30.9 Å². The van der Waals surface area contributed by atoms with Crippen LogP contribution in [0.4, 0.5) is 0 Å². The number of aryl methyl sites for hydroxylation is 1. The van der Waals surface area contributed by atoms with Crippen LogP contribution >= 0.6 is 0 Å². The number of nitrogens with zero attached hydrogens (tertiary/aromatic N) is 1. The summed E-state index contributed by atoms with van der Waals surface area (Å²) in [5, 5.41) is 0. The minimum atomic E-state index is 0.353. The van der Waals surface area contributed by atoms with Gasteiger partial charge in [-0.2, -0.15) is 0 Å². The first-order valence-corrected chi connectivity index (χ1v) is 8.75. The maximum absolute atomic E-state index is 5.63. The van der Waals surface area contributed by atoms with Crippen LogP contribution in [0.15, 0.2) is 36.4 Å². The van der Waals surface area contributed by atoms with Crippen LogP contribution in [0, 0.1) is 6.92 Å². The van der Waals surface area contributed by atoms with Gasteiger partial charge in [-0.05, 0) is 38.4 Å². The average Bonchev–Trinajstić information content (AvgIpc) is 3.09. The lowest BCUT2D eigenvalue weighted by Gasteiger charge is -2.27. The molecule has 2 aromatic carbocycles. The number of ether oxygens (including phenoxy) is 3. The molecule has 1 heterocycles. The molecule has 2 aromatic rings. The van der Waals surface area contributed by atoms with Crippen molar-refractivity contribution in [2.75, 3.05) is 27.9 Å². The number of benzene rings is 2.